The Morgan fingerprint density at radius 1 is 1.40 bits per heavy atom. The van der Waals surface area contributed by atoms with E-state index in [1.54, 1.807) is 0 Å². The molecule has 6 nitrogen and oxygen atoms in total. The summed E-state index contributed by atoms with van der Waals surface area (Å²) in [5.41, 5.74) is -0.210. The Hall–Kier alpha value is -1.43. The van der Waals surface area contributed by atoms with E-state index in [1.807, 2.05) is 0 Å². The van der Waals surface area contributed by atoms with Gasteiger partial charge in [0.25, 0.3) is 11.7 Å². The lowest BCUT2D eigenvalue weighted by molar-refractivity contribution is 0.0937. The van der Waals surface area contributed by atoms with Crippen LogP contribution < -0.4 is 10.6 Å². The van der Waals surface area contributed by atoms with Gasteiger partial charge in [0.1, 0.15) is 0 Å². The van der Waals surface area contributed by atoms with Crippen LogP contribution in [0, 0.1) is 5.92 Å². The van der Waals surface area contributed by atoms with E-state index in [1.165, 1.54) is 0 Å². The summed E-state index contributed by atoms with van der Waals surface area (Å²) in [6, 6.07) is 0.306. The second-order valence-corrected chi connectivity index (χ2v) is 6.44. The van der Waals surface area contributed by atoms with Gasteiger partial charge in [-0.05, 0) is 44.7 Å². The number of hydrogen-bond acceptors (Lipinski definition) is 5. The summed E-state index contributed by atoms with van der Waals surface area (Å²) in [7, 11) is 0. The Morgan fingerprint density at radius 3 is 2.85 bits per heavy atom. The maximum Gasteiger partial charge on any atom is 0.292 e. The fourth-order valence-corrected chi connectivity index (χ4v) is 2.70. The summed E-state index contributed by atoms with van der Waals surface area (Å²) in [4.78, 5) is 16.2. The number of nitrogens with one attached hydrogen (secondary N) is 2. The molecule has 1 unspecified atom stereocenters. The van der Waals surface area contributed by atoms with Crippen LogP contribution in [0.25, 0.3) is 0 Å². The zero-order valence-corrected chi connectivity index (χ0v) is 12.1. The number of carbonyl (C=O) groups excluding carboxylic acids is 1. The van der Waals surface area contributed by atoms with Crippen LogP contribution >= 0.6 is 0 Å². The summed E-state index contributed by atoms with van der Waals surface area (Å²) in [5, 5.41) is 10.1. The molecule has 6 heteroatoms. The molecular weight excluding hydrogens is 256 g/mol. The van der Waals surface area contributed by atoms with E-state index in [0.29, 0.717) is 17.9 Å². The molecular formula is C14H22N4O2. The van der Waals surface area contributed by atoms with Gasteiger partial charge in [-0.2, -0.15) is 4.98 Å². The molecule has 0 radical (unpaired) electrons. The molecule has 0 aromatic carbocycles. The molecule has 2 heterocycles. The van der Waals surface area contributed by atoms with Gasteiger partial charge in [-0.3, -0.25) is 4.79 Å². The van der Waals surface area contributed by atoms with Crippen molar-refractivity contribution in [2.24, 2.45) is 5.92 Å². The van der Waals surface area contributed by atoms with Crippen LogP contribution in [-0.4, -0.2) is 35.2 Å². The Morgan fingerprint density at radius 2 is 2.20 bits per heavy atom. The lowest BCUT2D eigenvalue weighted by atomic mass is 9.75. The molecule has 1 aliphatic heterocycles. The molecule has 0 bridgehead atoms. The van der Waals surface area contributed by atoms with Crippen LogP contribution in [0.15, 0.2) is 4.52 Å². The standard InChI is InChI=1S/C14H22N4O2/c1-14(2,9-4-3-7-15-8-9)13-17-11(18-20-13)12(19)16-10-5-6-10/h9-10,15H,3-8H2,1-2H3,(H,16,19). The Kier molecular flexibility index (Phi) is 3.50. The lowest BCUT2D eigenvalue weighted by Crippen LogP contribution is -2.41. The summed E-state index contributed by atoms with van der Waals surface area (Å²) in [6.07, 6.45) is 4.41. The minimum absolute atomic E-state index is 0.156. The van der Waals surface area contributed by atoms with Crippen molar-refractivity contribution in [3.63, 3.8) is 0 Å². The van der Waals surface area contributed by atoms with Gasteiger partial charge in [0, 0.05) is 11.5 Å². The van der Waals surface area contributed by atoms with Gasteiger partial charge in [-0.25, -0.2) is 0 Å². The van der Waals surface area contributed by atoms with Gasteiger partial charge in [0.2, 0.25) is 5.89 Å². The molecule has 1 atom stereocenters. The van der Waals surface area contributed by atoms with Crippen LogP contribution in [0.5, 0.6) is 0 Å². The molecule has 1 saturated heterocycles. The van der Waals surface area contributed by atoms with Gasteiger partial charge in [0.15, 0.2) is 0 Å². The molecule has 1 aromatic rings. The zero-order valence-electron chi connectivity index (χ0n) is 12.1. The SMILES string of the molecule is CC(C)(c1nc(C(=O)NC2CC2)no1)C1CCCNC1. The number of hydrogen-bond donors (Lipinski definition) is 2. The summed E-state index contributed by atoms with van der Waals surface area (Å²) >= 11 is 0. The molecule has 0 spiro atoms. The molecule has 2 aliphatic rings. The van der Waals surface area contributed by atoms with E-state index in [2.05, 4.69) is 34.6 Å². The van der Waals surface area contributed by atoms with Crippen molar-refractivity contribution in [2.75, 3.05) is 13.1 Å². The van der Waals surface area contributed by atoms with Crippen molar-refractivity contribution in [3.05, 3.63) is 11.7 Å². The van der Waals surface area contributed by atoms with E-state index >= 15 is 0 Å². The van der Waals surface area contributed by atoms with Crippen molar-refractivity contribution in [1.29, 1.82) is 0 Å². The summed E-state index contributed by atoms with van der Waals surface area (Å²) < 4.78 is 5.36. The minimum Gasteiger partial charge on any atom is -0.346 e. The van der Waals surface area contributed by atoms with Gasteiger partial charge in [0.05, 0.1) is 0 Å². The van der Waals surface area contributed by atoms with Crippen molar-refractivity contribution < 1.29 is 9.32 Å². The smallest absolute Gasteiger partial charge is 0.292 e. The predicted octanol–water partition coefficient (Wildman–Crippen LogP) is 1.24. The first-order valence-electron chi connectivity index (χ1n) is 7.43. The molecule has 1 aliphatic carbocycles. The molecule has 2 N–H and O–H groups in total. The molecule has 1 amide bonds. The molecule has 1 saturated carbocycles. The Labute approximate surface area is 118 Å². The first kappa shape index (κ1) is 13.5. The van der Waals surface area contributed by atoms with E-state index in [9.17, 15) is 4.79 Å². The van der Waals surface area contributed by atoms with Crippen LogP contribution in [-0.2, 0) is 5.41 Å². The van der Waals surface area contributed by atoms with Crippen LogP contribution in [0.1, 0.15) is 56.0 Å². The highest BCUT2D eigenvalue weighted by Gasteiger charge is 2.38. The van der Waals surface area contributed by atoms with Crippen molar-refractivity contribution >= 4 is 5.91 Å². The number of carbonyl (C=O) groups is 1. The third kappa shape index (κ3) is 2.70. The minimum atomic E-state index is -0.222. The Balaban J connectivity index is 1.72. The zero-order chi connectivity index (χ0) is 14.2. The second kappa shape index (κ2) is 5.16. The van der Waals surface area contributed by atoms with Gasteiger partial charge >= 0.3 is 0 Å². The quantitative estimate of drug-likeness (QED) is 0.866. The molecule has 110 valence electrons. The van der Waals surface area contributed by atoms with E-state index < -0.39 is 0 Å². The number of aromatic nitrogens is 2. The highest BCUT2D eigenvalue weighted by molar-refractivity contribution is 5.90. The number of nitrogens with zero attached hydrogens (tertiary/aromatic N) is 2. The maximum atomic E-state index is 11.9. The van der Waals surface area contributed by atoms with Crippen LogP contribution in [0.2, 0.25) is 0 Å². The maximum absolute atomic E-state index is 11.9. The average Bonchev–Trinajstić information content (AvgIpc) is 3.11. The summed E-state index contributed by atoms with van der Waals surface area (Å²) in [5.74, 6) is 0.951. The largest absolute Gasteiger partial charge is 0.346 e. The van der Waals surface area contributed by atoms with Crippen molar-refractivity contribution in [2.45, 2.75) is 51.0 Å². The van der Waals surface area contributed by atoms with E-state index in [0.717, 1.165) is 38.8 Å². The molecule has 20 heavy (non-hydrogen) atoms. The van der Waals surface area contributed by atoms with Crippen molar-refractivity contribution in [1.82, 2.24) is 20.8 Å². The highest BCUT2D eigenvalue weighted by atomic mass is 16.5. The Bertz CT molecular complexity index is 487. The van der Waals surface area contributed by atoms with Gasteiger partial charge in [-0.1, -0.05) is 19.0 Å². The topological polar surface area (TPSA) is 80.1 Å². The third-order valence-corrected chi connectivity index (χ3v) is 4.41. The van der Waals surface area contributed by atoms with Gasteiger partial charge in [-0.15, -0.1) is 0 Å². The third-order valence-electron chi connectivity index (χ3n) is 4.41. The lowest BCUT2D eigenvalue weighted by Gasteiger charge is -2.34. The number of piperidine rings is 1. The van der Waals surface area contributed by atoms with Crippen LogP contribution in [0.3, 0.4) is 0 Å². The fraction of sp³-hybridized carbons (Fsp3) is 0.786. The van der Waals surface area contributed by atoms with Gasteiger partial charge < -0.3 is 15.2 Å². The highest BCUT2D eigenvalue weighted by Crippen LogP contribution is 2.34. The fourth-order valence-electron chi connectivity index (χ4n) is 2.70. The molecule has 3 rings (SSSR count). The summed E-state index contributed by atoms with van der Waals surface area (Å²) in [6.45, 7) is 6.26. The number of rotatable bonds is 4. The van der Waals surface area contributed by atoms with Crippen LogP contribution in [0.4, 0.5) is 0 Å². The molecule has 1 aromatic heterocycles. The first-order chi connectivity index (χ1) is 9.57. The van der Waals surface area contributed by atoms with Crippen molar-refractivity contribution in [3.8, 4) is 0 Å². The first-order valence-corrected chi connectivity index (χ1v) is 7.43. The second-order valence-electron chi connectivity index (χ2n) is 6.44. The van der Waals surface area contributed by atoms with E-state index in [4.69, 9.17) is 4.52 Å². The predicted molar refractivity (Wildman–Crippen MR) is 73.4 cm³/mol. The normalized spacial score (nSPS) is 23.6. The molecule has 2 fully saturated rings. The monoisotopic (exact) mass is 278 g/mol. The van der Waals surface area contributed by atoms with E-state index in [-0.39, 0.29) is 17.1 Å². The number of amides is 1. The average molecular weight is 278 g/mol.